The van der Waals surface area contributed by atoms with Crippen molar-refractivity contribution in [3.8, 4) is 5.75 Å². The summed E-state index contributed by atoms with van der Waals surface area (Å²) in [5.74, 6) is 1.08. The Balaban J connectivity index is 3.12. The highest BCUT2D eigenvalue weighted by molar-refractivity contribution is 5.39. The molecule has 1 N–H and O–H groups in total. The molecular formula is C13H18O. The summed E-state index contributed by atoms with van der Waals surface area (Å²) in [4.78, 5) is 0. The molecule has 1 unspecified atom stereocenters. The maximum absolute atomic E-state index is 9.74. The first kappa shape index (κ1) is 10.8. The van der Waals surface area contributed by atoms with Crippen LogP contribution >= 0.6 is 0 Å². The summed E-state index contributed by atoms with van der Waals surface area (Å²) in [6.45, 7) is 10.3. The average Bonchev–Trinajstić information content (AvgIpc) is 2.07. The molecule has 0 radical (unpaired) electrons. The molecule has 1 aromatic carbocycles. The Bertz CT molecular complexity index is 326. The second kappa shape index (κ2) is 4.32. The number of hydrogen-bond donors (Lipinski definition) is 1. The van der Waals surface area contributed by atoms with E-state index in [1.807, 2.05) is 25.1 Å². The van der Waals surface area contributed by atoms with E-state index in [9.17, 15) is 5.11 Å². The Kier molecular flexibility index (Phi) is 3.34. The molecule has 1 nitrogen and oxygen atoms in total. The number of para-hydroxylation sites is 1. The van der Waals surface area contributed by atoms with Crippen LogP contribution in [0.5, 0.6) is 5.75 Å². The van der Waals surface area contributed by atoms with Gasteiger partial charge in [0.15, 0.2) is 0 Å². The van der Waals surface area contributed by atoms with E-state index in [4.69, 9.17) is 0 Å². The molecule has 0 aliphatic heterocycles. The van der Waals surface area contributed by atoms with Crippen molar-refractivity contribution in [1.29, 1.82) is 0 Å². The van der Waals surface area contributed by atoms with E-state index in [0.29, 0.717) is 11.7 Å². The molecule has 0 heterocycles. The topological polar surface area (TPSA) is 20.2 Å². The third-order valence-electron chi connectivity index (χ3n) is 2.47. The fourth-order valence-electron chi connectivity index (χ4n) is 1.94. The van der Waals surface area contributed by atoms with Crippen molar-refractivity contribution in [1.82, 2.24) is 0 Å². The molecule has 0 saturated heterocycles. The quantitative estimate of drug-likeness (QED) is 0.720. The number of rotatable bonds is 3. The van der Waals surface area contributed by atoms with E-state index in [1.165, 1.54) is 0 Å². The molecule has 0 aliphatic rings. The van der Waals surface area contributed by atoms with Crippen LogP contribution in [0.2, 0.25) is 0 Å². The first-order chi connectivity index (χ1) is 6.54. The molecule has 0 fully saturated rings. The highest BCUT2D eigenvalue weighted by Crippen LogP contribution is 2.35. The molecule has 0 spiro atoms. The van der Waals surface area contributed by atoms with Gasteiger partial charge >= 0.3 is 0 Å². The summed E-state index contributed by atoms with van der Waals surface area (Å²) >= 11 is 0. The van der Waals surface area contributed by atoms with E-state index in [0.717, 1.165) is 11.1 Å². The van der Waals surface area contributed by atoms with Crippen LogP contribution in [0.3, 0.4) is 0 Å². The SMILES string of the molecule is C=C(C)C(c1ccccc1O)C(C)C. The van der Waals surface area contributed by atoms with Gasteiger partial charge in [0, 0.05) is 11.5 Å². The van der Waals surface area contributed by atoms with Gasteiger partial charge in [-0.2, -0.15) is 0 Å². The number of phenolic OH excluding ortho intramolecular Hbond substituents is 1. The van der Waals surface area contributed by atoms with Crippen LogP contribution in [-0.2, 0) is 0 Å². The zero-order chi connectivity index (χ0) is 10.7. The fraction of sp³-hybridized carbons (Fsp3) is 0.385. The lowest BCUT2D eigenvalue weighted by atomic mass is 9.83. The molecule has 1 heteroatoms. The first-order valence-electron chi connectivity index (χ1n) is 4.97. The maximum Gasteiger partial charge on any atom is 0.119 e. The Morgan fingerprint density at radius 2 is 1.86 bits per heavy atom. The molecule has 1 atom stereocenters. The van der Waals surface area contributed by atoms with Gasteiger partial charge in [-0.1, -0.05) is 44.2 Å². The molecule has 1 aromatic rings. The van der Waals surface area contributed by atoms with Gasteiger partial charge < -0.3 is 5.11 Å². The monoisotopic (exact) mass is 190 g/mol. The standard InChI is InChI=1S/C13H18O/c1-9(2)13(10(3)4)11-7-5-6-8-12(11)14/h5-8,10,13-14H,1H2,2-4H3. The lowest BCUT2D eigenvalue weighted by Gasteiger charge is -2.22. The van der Waals surface area contributed by atoms with Crippen LogP contribution in [0.1, 0.15) is 32.3 Å². The van der Waals surface area contributed by atoms with Gasteiger partial charge in [-0.25, -0.2) is 0 Å². The molecular weight excluding hydrogens is 172 g/mol. The number of benzene rings is 1. The average molecular weight is 190 g/mol. The largest absolute Gasteiger partial charge is 0.508 e. The van der Waals surface area contributed by atoms with E-state index >= 15 is 0 Å². The Morgan fingerprint density at radius 1 is 1.29 bits per heavy atom. The number of aromatic hydroxyl groups is 1. The highest BCUT2D eigenvalue weighted by Gasteiger charge is 2.18. The van der Waals surface area contributed by atoms with Crippen molar-refractivity contribution < 1.29 is 5.11 Å². The van der Waals surface area contributed by atoms with Crippen molar-refractivity contribution >= 4 is 0 Å². The second-order valence-corrected chi connectivity index (χ2v) is 4.13. The summed E-state index contributed by atoms with van der Waals surface area (Å²) in [6, 6.07) is 7.49. The van der Waals surface area contributed by atoms with E-state index in [-0.39, 0.29) is 5.92 Å². The molecule has 14 heavy (non-hydrogen) atoms. The lowest BCUT2D eigenvalue weighted by Crippen LogP contribution is -2.07. The van der Waals surface area contributed by atoms with Crippen LogP contribution in [-0.4, -0.2) is 5.11 Å². The van der Waals surface area contributed by atoms with Gasteiger partial charge in [0.2, 0.25) is 0 Å². The summed E-state index contributed by atoms with van der Waals surface area (Å²) in [6.07, 6.45) is 0. The van der Waals surface area contributed by atoms with Gasteiger partial charge in [0.05, 0.1) is 0 Å². The third kappa shape index (κ3) is 2.16. The summed E-state index contributed by atoms with van der Waals surface area (Å²) in [5, 5.41) is 9.74. The third-order valence-corrected chi connectivity index (χ3v) is 2.47. The Morgan fingerprint density at radius 3 is 2.29 bits per heavy atom. The first-order valence-corrected chi connectivity index (χ1v) is 4.97. The number of hydrogen-bond acceptors (Lipinski definition) is 1. The minimum atomic E-state index is 0.246. The predicted molar refractivity (Wildman–Crippen MR) is 60.5 cm³/mol. The van der Waals surface area contributed by atoms with Crippen molar-refractivity contribution in [3.63, 3.8) is 0 Å². The molecule has 1 rings (SSSR count). The van der Waals surface area contributed by atoms with Crippen LogP contribution in [0.15, 0.2) is 36.4 Å². The fourth-order valence-corrected chi connectivity index (χ4v) is 1.94. The molecule has 0 aromatic heterocycles. The highest BCUT2D eigenvalue weighted by atomic mass is 16.3. The number of phenols is 1. The van der Waals surface area contributed by atoms with Crippen LogP contribution in [0.25, 0.3) is 0 Å². The van der Waals surface area contributed by atoms with Crippen molar-refractivity contribution in [3.05, 3.63) is 42.0 Å². The van der Waals surface area contributed by atoms with Gasteiger partial charge in [0.25, 0.3) is 0 Å². The smallest absolute Gasteiger partial charge is 0.119 e. The summed E-state index contributed by atoms with van der Waals surface area (Å²) < 4.78 is 0. The normalized spacial score (nSPS) is 12.9. The Labute approximate surface area is 86.1 Å². The van der Waals surface area contributed by atoms with Crippen LogP contribution in [0.4, 0.5) is 0 Å². The van der Waals surface area contributed by atoms with Gasteiger partial charge in [-0.3, -0.25) is 0 Å². The molecule has 0 bridgehead atoms. The van der Waals surface area contributed by atoms with Gasteiger partial charge in [0.1, 0.15) is 5.75 Å². The molecule has 0 saturated carbocycles. The maximum atomic E-state index is 9.74. The molecule has 0 amide bonds. The van der Waals surface area contributed by atoms with E-state index < -0.39 is 0 Å². The summed E-state index contributed by atoms with van der Waals surface area (Å²) in [5.41, 5.74) is 2.08. The van der Waals surface area contributed by atoms with Crippen LogP contribution in [0, 0.1) is 5.92 Å². The summed E-state index contributed by atoms with van der Waals surface area (Å²) in [7, 11) is 0. The van der Waals surface area contributed by atoms with Crippen molar-refractivity contribution in [2.75, 3.05) is 0 Å². The lowest BCUT2D eigenvalue weighted by molar-refractivity contribution is 0.451. The van der Waals surface area contributed by atoms with E-state index in [2.05, 4.69) is 20.4 Å². The van der Waals surface area contributed by atoms with E-state index in [1.54, 1.807) is 6.07 Å². The Hall–Kier alpha value is -1.24. The zero-order valence-corrected chi connectivity index (χ0v) is 9.12. The zero-order valence-electron chi connectivity index (χ0n) is 9.12. The minimum absolute atomic E-state index is 0.246. The molecule has 76 valence electrons. The van der Waals surface area contributed by atoms with Crippen molar-refractivity contribution in [2.24, 2.45) is 5.92 Å². The predicted octanol–water partition coefficient (Wildman–Crippen LogP) is 3.71. The second-order valence-electron chi connectivity index (χ2n) is 4.13. The van der Waals surface area contributed by atoms with Crippen LogP contribution < -0.4 is 0 Å². The minimum Gasteiger partial charge on any atom is -0.508 e. The molecule has 0 aliphatic carbocycles. The van der Waals surface area contributed by atoms with Gasteiger partial charge in [-0.05, 0) is 18.9 Å². The van der Waals surface area contributed by atoms with Gasteiger partial charge in [-0.15, -0.1) is 0 Å². The number of allylic oxidation sites excluding steroid dienone is 1. The van der Waals surface area contributed by atoms with Crippen molar-refractivity contribution in [2.45, 2.75) is 26.7 Å².